The van der Waals surface area contributed by atoms with Gasteiger partial charge in [0, 0.05) is 24.0 Å². The second-order valence-corrected chi connectivity index (χ2v) is 6.26. The number of hydrogen-bond donors (Lipinski definition) is 3. The standard InChI is InChI=1S/C18H23N9/c1-12(2)24-26-25-17(19)13-5-4-6-15(9-13)23-18-16-14(10-20-3)7-8-27(16)22-11-21-18/h4-9,11-12,20H,10H2,1-3H3,(H2,19,24,25)(H,21,22,23). The van der Waals surface area contributed by atoms with Crippen LogP contribution in [0.3, 0.4) is 0 Å². The summed E-state index contributed by atoms with van der Waals surface area (Å²) in [7, 11) is 1.91. The average molecular weight is 365 g/mol. The third kappa shape index (κ3) is 4.45. The van der Waals surface area contributed by atoms with Gasteiger partial charge in [0.05, 0.1) is 6.04 Å². The summed E-state index contributed by atoms with van der Waals surface area (Å²) in [6, 6.07) is 9.68. The minimum Gasteiger partial charge on any atom is -0.382 e. The van der Waals surface area contributed by atoms with Crippen molar-refractivity contribution in [1.82, 2.24) is 19.9 Å². The number of hydrogen-bond acceptors (Lipinski definition) is 6. The SMILES string of the molecule is CNCc1ccn2ncnc(Nc3cccc(C(N)=NN=NC(C)C)c3)c12. The van der Waals surface area contributed by atoms with E-state index in [0.29, 0.717) is 11.7 Å². The molecule has 3 aromatic rings. The third-order valence-electron chi connectivity index (χ3n) is 3.76. The minimum atomic E-state index is 0.0728. The van der Waals surface area contributed by atoms with Crippen molar-refractivity contribution >= 4 is 22.9 Å². The van der Waals surface area contributed by atoms with Gasteiger partial charge in [-0.1, -0.05) is 12.1 Å². The van der Waals surface area contributed by atoms with E-state index in [-0.39, 0.29) is 6.04 Å². The highest BCUT2D eigenvalue weighted by molar-refractivity contribution is 5.98. The van der Waals surface area contributed by atoms with E-state index in [1.54, 1.807) is 4.52 Å². The van der Waals surface area contributed by atoms with Crippen LogP contribution in [0.4, 0.5) is 11.5 Å². The lowest BCUT2D eigenvalue weighted by Crippen LogP contribution is -2.13. The minimum absolute atomic E-state index is 0.0728. The number of benzene rings is 1. The van der Waals surface area contributed by atoms with E-state index in [4.69, 9.17) is 5.73 Å². The van der Waals surface area contributed by atoms with Gasteiger partial charge in [-0.25, -0.2) is 9.50 Å². The predicted octanol–water partition coefficient (Wildman–Crippen LogP) is 2.67. The Labute approximate surface area is 157 Å². The van der Waals surface area contributed by atoms with Crippen LogP contribution in [0, 0.1) is 0 Å². The number of nitrogens with zero attached hydrogens (tertiary/aromatic N) is 6. The summed E-state index contributed by atoms with van der Waals surface area (Å²) >= 11 is 0. The Morgan fingerprint density at radius 2 is 2.15 bits per heavy atom. The first kappa shape index (κ1) is 18.5. The van der Waals surface area contributed by atoms with Gasteiger partial charge >= 0.3 is 0 Å². The molecule has 0 saturated heterocycles. The summed E-state index contributed by atoms with van der Waals surface area (Å²) in [4.78, 5) is 4.39. The van der Waals surface area contributed by atoms with Crippen LogP contribution in [-0.2, 0) is 6.54 Å². The van der Waals surface area contributed by atoms with Crippen LogP contribution >= 0.6 is 0 Å². The number of anilines is 2. The number of fused-ring (bicyclic) bond motifs is 1. The van der Waals surface area contributed by atoms with Crippen LogP contribution in [0.15, 0.2) is 58.3 Å². The van der Waals surface area contributed by atoms with Gasteiger partial charge in [-0.2, -0.15) is 10.2 Å². The van der Waals surface area contributed by atoms with Crippen molar-refractivity contribution in [2.75, 3.05) is 12.4 Å². The molecule has 0 saturated carbocycles. The highest BCUT2D eigenvalue weighted by atomic mass is 15.4. The van der Waals surface area contributed by atoms with Crippen molar-refractivity contribution in [3.05, 3.63) is 54.0 Å². The normalized spacial score (nSPS) is 12.4. The molecule has 0 atom stereocenters. The molecule has 9 heteroatoms. The van der Waals surface area contributed by atoms with Gasteiger partial charge in [-0.15, -0.1) is 5.10 Å². The van der Waals surface area contributed by atoms with Crippen LogP contribution in [0.2, 0.25) is 0 Å². The van der Waals surface area contributed by atoms with Crippen LogP contribution < -0.4 is 16.4 Å². The Kier molecular flexibility index (Phi) is 5.72. The maximum Gasteiger partial charge on any atom is 0.158 e. The Bertz CT molecular complexity index is 972. The molecular weight excluding hydrogens is 342 g/mol. The van der Waals surface area contributed by atoms with Crippen molar-refractivity contribution < 1.29 is 0 Å². The van der Waals surface area contributed by atoms with E-state index in [2.05, 4.69) is 36.2 Å². The Hall–Kier alpha value is -3.33. The van der Waals surface area contributed by atoms with Crippen LogP contribution in [0.1, 0.15) is 25.0 Å². The molecule has 0 bridgehead atoms. The van der Waals surface area contributed by atoms with Gasteiger partial charge in [0.2, 0.25) is 0 Å². The van der Waals surface area contributed by atoms with E-state index in [1.807, 2.05) is 57.4 Å². The lowest BCUT2D eigenvalue weighted by Gasteiger charge is -2.10. The molecule has 0 spiro atoms. The first-order chi connectivity index (χ1) is 13.1. The van der Waals surface area contributed by atoms with Crippen molar-refractivity contribution in [2.24, 2.45) is 21.2 Å². The lowest BCUT2D eigenvalue weighted by atomic mass is 10.2. The second kappa shape index (κ2) is 8.37. The number of amidine groups is 1. The first-order valence-electron chi connectivity index (χ1n) is 8.65. The second-order valence-electron chi connectivity index (χ2n) is 6.26. The number of nitrogens with one attached hydrogen (secondary N) is 2. The van der Waals surface area contributed by atoms with Gasteiger partial charge in [0.1, 0.15) is 11.8 Å². The number of aromatic nitrogens is 3. The van der Waals surface area contributed by atoms with Gasteiger partial charge in [-0.3, -0.25) is 0 Å². The quantitative estimate of drug-likeness (QED) is 0.257. The van der Waals surface area contributed by atoms with E-state index in [0.717, 1.165) is 28.9 Å². The average Bonchev–Trinajstić information content (AvgIpc) is 3.06. The molecule has 0 radical (unpaired) electrons. The zero-order chi connectivity index (χ0) is 19.2. The molecule has 2 heterocycles. The predicted molar refractivity (Wildman–Crippen MR) is 106 cm³/mol. The van der Waals surface area contributed by atoms with E-state index in [1.165, 1.54) is 6.33 Å². The molecular formula is C18H23N9. The van der Waals surface area contributed by atoms with Crippen LogP contribution in [0.5, 0.6) is 0 Å². The fraction of sp³-hybridized carbons (Fsp3) is 0.278. The maximum absolute atomic E-state index is 6.01. The number of rotatable bonds is 7. The summed E-state index contributed by atoms with van der Waals surface area (Å²) in [6.07, 6.45) is 3.43. The molecule has 9 nitrogen and oxygen atoms in total. The van der Waals surface area contributed by atoms with E-state index in [9.17, 15) is 0 Å². The van der Waals surface area contributed by atoms with Crippen LogP contribution in [-0.4, -0.2) is 33.5 Å². The molecule has 0 aliphatic carbocycles. The van der Waals surface area contributed by atoms with Crippen molar-refractivity contribution in [3.8, 4) is 0 Å². The third-order valence-corrected chi connectivity index (χ3v) is 3.76. The summed E-state index contributed by atoms with van der Waals surface area (Å²) in [5, 5.41) is 22.4. The van der Waals surface area contributed by atoms with Gasteiger partial charge in [-0.05, 0) is 49.9 Å². The molecule has 4 N–H and O–H groups in total. The summed E-state index contributed by atoms with van der Waals surface area (Å²) in [5.41, 5.74) is 9.62. The van der Waals surface area contributed by atoms with E-state index >= 15 is 0 Å². The molecule has 140 valence electrons. The molecule has 27 heavy (non-hydrogen) atoms. The molecule has 0 amide bonds. The van der Waals surface area contributed by atoms with Crippen molar-refractivity contribution in [3.63, 3.8) is 0 Å². The smallest absolute Gasteiger partial charge is 0.158 e. The van der Waals surface area contributed by atoms with Gasteiger partial charge < -0.3 is 16.4 Å². The topological polar surface area (TPSA) is 117 Å². The molecule has 3 rings (SSSR count). The van der Waals surface area contributed by atoms with Crippen molar-refractivity contribution in [2.45, 2.75) is 26.4 Å². The Morgan fingerprint density at radius 3 is 2.93 bits per heavy atom. The van der Waals surface area contributed by atoms with Gasteiger partial charge in [0.15, 0.2) is 11.7 Å². The fourth-order valence-corrected chi connectivity index (χ4v) is 2.57. The molecule has 0 unspecified atom stereocenters. The zero-order valence-electron chi connectivity index (χ0n) is 15.6. The molecule has 0 aliphatic rings. The van der Waals surface area contributed by atoms with E-state index < -0.39 is 0 Å². The monoisotopic (exact) mass is 365 g/mol. The molecule has 2 aromatic heterocycles. The maximum atomic E-state index is 6.01. The largest absolute Gasteiger partial charge is 0.382 e. The summed E-state index contributed by atoms with van der Waals surface area (Å²) < 4.78 is 1.80. The van der Waals surface area contributed by atoms with Gasteiger partial charge in [0.25, 0.3) is 0 Å². The highest BCUT2D eigenvalue weighted by Crippen LogP contribution is 2.23. The van der Waals surface area contributed by atoms with Crippen molar-refractivity contribution in [1.29, 1.82) is 0 Å². The Morgan fingerprint density at radius 1 is 1.30 bits per heavy atom. The summed E-state index contributed by atoms with van der Waals surface area (Å²) in [5.74, 6) is 1.02. The van der Waals surface area contributed by atoms with Crippen LogP contribution in [0.25, 0.3) is 5.52 Å². The number of nitrogens with two attached hydrogens (primary N) is 1. The molecule has 1 aromatic carbocycles. The summed E-state index contributed by atoms with van der Waals surface area (Å²) in [6.45, 7) is 4.57. The fourth-order valence-electron chi connectivity index (χ4n) is 2.57. The zero-order valence-corrected chi connectivity index (χ0v) is 15.6. The first-order valence-corrected chi connectivity index (χ1v) is 8.65. The lowest BCUT2D eigenvalue weighted by molar-refractivity contribution is 0.750. The Balaban J connectivity index is 1.89. The molecule has 0 aliphatic heterocycles. The molecule has 0 fully saturated rings. The highest BCUT2D eigenvalue weighted by Gasteiger charge is 2.10.